The van der Waals surface area contributed by atoms with Crippen molar-refractivity contribution in [3.63, 3.8) is 0 Å². The first-order valence-electron chi connectivity index (χ1n) is 5.69. The summed E-state index contributed by atoms with van der Waals surface area (Å²) in [5, 5.41) is 28.2. The number of nitrogens with two attached hydrogens (primary N) is 1. The van der Waals surface area contributed by atoms with Crippen LogP contribution in [-0.4, -0.2) is 39.2 Å². The molecule has 0 amide bonds. The Morgan fingerprint density at radius 2 is 1.61 bits per heavy atom. The second kappa shape index (κ2) is 5.76. The van der Waals surface area contributed by atoms with E-state index in [1.54, 1.807) is 0 Å². The van der Waals surface area contributed by atoms with Gasteiger partial charge in [0.05, 0.1) is 0 Å². The van der Waals surface area contributed by atoms with Crippen molar-refractivity contribution in [2.75, 3.05) is 0 Å². The lowest BCUT2D eigenvalue weighted by Crippen LogP contribution is -2.47. The largest absolute Gasteiger partial charge is 0.481 e. The highest BCUT2D eigenvalue weighted by atomic mass is 16.6. The number of hydrogen-bond acceptors (Lipinski definition) is 5. The lowest BCUT2D eigenvalue weighted by Gasteiger charge is -2.30. The van der Waals surface area contributed by atoms with Gasteiger partial charge >= 0.3 is 11.9 Å². The Bertz CT molecular complexity index is 336. The van der Waals surface area contributed by atoms with E-state index >= 15 is 0 Å². The van der Waals surface area contributed by atoms with Crippen LogP contribution in [0.3, 0.4) is 0 Å². The van der Waals surface area contributed by atoms with Gasteiger partial charge in [0, 0.05) is 23.8 Å². The monoisotopic (exact) mass is 260 g/mol. The molecule has 8 heteroatoms. The summed E-state index contributed by atoms with van der Waals surface area (Å²) in [6.07, 6.45) is 1.42. The standard InChI is InChI=1S/C10H16N2O6/c11-8(7(9(13)14)10(15)16)5-1-3-6(4-2-5)12(17)18/h5-8H,1-4,11H2,(H,13,14)(H,15,16). The fourth-order valence-electron chi connectivity index (χ4n) is 2.40. The molecule has 0 radical (unpaired) electrons. The summed E-state index contributed by atoms with van der Waals surface area (Å²) >= 11 is 0. The minimum Gasteiger partial charge on any atom is -0.481 e. The summed E-state index contributed by atoms with van der Waals surface area (Å²) in [5.41, 5.74) is 5.68. The second-order valence-electron chi connectivity index (χ2n) is 4.59. The number of rotatable bonds is 5. The maximum absolute atomic E-state index is 10.8. The average Bonchev–Trinajstić information content (AvgIpc) is 2.28. The summed E-state index contributed by atoms with van der Waals surface area (Å²) in [7, 11) is 0. The van der Waals surface area contributed by atoms with Gasteiger partial charge < -0.3 is 15.9 Å². The third-order valence-corrected chi connectivity index (χ3v) is 3.50. The predicted molar refractivity (Wildman–Crippen MR) is 59.5 cm³/mol. The Morgan fingerprint density at radius 1 is 1.17 bits per heavy atom. The highest BCUT2D eigenvalue weighted by molar-refractivity contribution is 5.93. The molecular weight excluding hydrogens is 244 g/mol. The van der Waals surface area contributed by atoms with Crippen molar-refractivity contribution in [3.05, 3.63) is 10.1 Å². The van der Waals surface area contributed by atoms with Gasteiger partial charge in [-0.3, -0.25) is 19.7 Å². The van der Waals surface area contributed by atoms with Crippen LogP contribution in [0.25, 0.3) is 0 Å². The molecule has 1 unspecified atom stereocenters. The van der Waals surface area contributed by atoms with E-state index in [1.165, 1.54) is 0 Å². The summed E-state index contributed by atoms with van der Waals surface area (Å²) < 4.78 is 0. The Hall–Kier alpha value is -1.70. The normalized spacial score (nSPS) is 25.7. The van der Waals surface area contributed by atoms with Crippen LogP contribution in [0.2, 0.25) is 0 Å². The lowest BCUT2D eigenvalue weighted by atomic mass is 9.77. The highest BCUT2D eigenvalue weighted by Gasteiger charge is 2.40. The molecule has 1 saturated carbocycles. The summed E-state index contributed by atoms with van der Waals surface area (Å²) in [5.74, 6) is -4.88. The van der Waals surface area contributed by atoms with E-state index in [4.69, 9.17) is 15.9 Å². The van der Waals surface area contributed by atoms with Crippen molar-refractivity contribution < 1.29 is 24.7 Å². The Morgan fingerprint density at radius 3 is 1.94 bits per heavy atom. The van der Waals surface area contributed by atoms with Crippen molar-refractivity contribution in [2.24, 2.45) is 17.6 Å². The SMILES string of the molecule is NC(C1CCC([N+](=O)[O-])CC1)C(C(=O)O)C(=O)O. The topological polar surface area (TPSA) is 144 Å². The first kappa shape index (κ1) is 14.4. The molecule has 8 nitrogen and oxygen atoms in total. The predicted octanol–water partition coefficient (Wildman–Crippen LogP) is -0.0654. The second-order valence-corrected chi connectivity index (χ2v) is 4.59. The fourth-order valence-corrected chi connectivity index (χ4v) is 2.40. The molecule has 18 heavy (non-hydrogen) atoms. The number of nitro groups is 1. The molecule has 0 aromatic heterocycles. The quantitative estimate of drug-likeness (QED) is 0.356. The van der Waals surface area contributed by atoms with E-state index in [1.807, 2.05) is 0 Å². The summed E-state index contributed by atoms with van der Waals surface area (Å²) in [6, 6.07) is -1.63. The molecular formula is C10H16N2O6. The molecule has 4 N–H and O–H groups in total. The molecule has 1 atom stereocenters. The maximum atomic E-state index is 10.8. The minimum atomic E-state index is -1.65. The van der Waals surface area contributed by atoms with Crippen molar-refractivity contribution >= 4 is 11.9 Å². The molecule has 0 saturated heterocycles. The van der Waals surface area contributed by atoms with Gasteiger partial charge in [0.2, 0.25) is 6.04 Å². The van der Waals surface area contributed by atoms with E-state index in [0.29, 0.717) is 25.7 Å². The Balaban J connectivity index is 2.63. The molecule has 1 rings (SSSR count). The molecule has 0 bridgehead atoms. The van der Waals surface area contributed by atoms with Gasteiger partial charge in [-0.15, -0.1) is 0 Å². The van der Waals surface area contributed by atoms with Crippen molar-refractivity contribution in [1.29, 1.82) is 0 Å². The number of carboxylic acids is 2. The number of carboxylic acid groups (broad SMARTS) is 2. The van der Waals surface area contributed by atoms with Crippen LogP contribution in [-0.2, 0) is 9.59 Å². The lowest BCUT2D eigenvalue weighted by molar-refractivity contribution is -0.527. The van der Waals surface area contributed by atoms with Gasteiger partial charge in [-0.1, -0.05) is 0 Å². The van der Waals surface area contributed by atoms with Crippen molar-refractivity contribution in [1.82, 2.24) is 0 Å². The van der Waals surface area contributed by atoms with Crippen LogP contribution in [0.4, 0.5) is 0 Å². The number of hydrogen-bond donors (Lipinski definition) is 3. The van der Waals surface area contributed by atoms with Crippen LogP contribution >= 0.6 is 0 Å². The van der Waals surface area contributed by atoms with E-state index in [-0.39, 0.29) is 10.8 Å². The Kier molecular flexibility index (Phi) is 4.60. The highest BCUT2D eigenvalue weighted by Crippen LogP contribution is 2.30. The third-order valence-electron chi connectivity index (χ3n) is 3.50. The van der Waals surface area contributed by atoms with Gasteiger partial charge in [-0.2, -0.15) is 0 Å². The van der Waals surface area contributed by atoms with Gasteiger partial charge in [0.1, 0.15) is 0 Å². The Labute approximate surface area is 103 Å². The molecule has 1 aliphatic rings. The minimum absolute atomic E-state index is 0.293. The molecule has 102 valence electrons. The van der Waals surface area contributed by atoms with Crippen LogP contribution in [0.1, 0.15) is 25.7 Å². The summed E-state index contributed by atoms with van der Waals surface area (Å²) in [4.78, 5) is 31.9. The van der Waals surface area contributed by atoms with Crippen molar-refractivity contribution in [2.45, 2.75) is 37.8 Å². The zero-order valence-corrected chi connectivity index (χ0v) is 9.69. The number of nitrogens with zero attached hydrogens (tertiary/aromatic N) is 1. The first-order valence-corrected chi connectivity index (χ1v) is 5.69. The molecule has 0 spiro atoms. The van der Waals surface area contributed by atoms with Crippen LogP contribution in [0.5, 0.6) is 0 Å². The maximum Gasteiger partial charge on any atom is 0.319 e. The zero-order valence-electron chi connectivity index (χ0n) is 9.69. The number of aliphatic carboxylic acids is 2. The first-order chi connectivity index (χ1) is 8.34. The molecule has 1 fully saturated rings. The van der Waals surface area contributed by atoms with Gasteiger partial charge in [0.25, 0.3) is 0 Å². The van der Waals surface area contributed by atoms with Gasteiger partial charge in [-0.25, -0.2) is 0 Å². The fraction of sp³-hybridized carbons (Fsp3) is 0.800. The molecule has 0 heterocycles. The molecule has 0 aliphatic heterocycles. The van der Waals surface area contributed by atoms with Gasteiger partial charge in [0.15, 0.2) is 5.92 Å². The average molecular weight is 260 g/mol. The van der Waals surface area contributed by atoms with Crippen LogP contribution in [0, 0.1) is 22.0 Å². The van der Waals surface area contributed by atoms with E-state index in [0.717, 1.165) is 0 Å². The van der Waals surface area contributed by atoms with Crippen LogP contribution in [0.15, 0.2) is 0 Å². The van der Waals surface area contributed by atoms with Crippen LogP contribution < -0.4 is 5.73 Å². The molecule has 0 aromatic carbocycles. The smallest absolute Gasteiger partial charge is 0.319 e. The zero-order chi connectivity index (χ0) is 13.9. The molecule has 1 aliphatic carbocycles. The van der Waals surface area contributed by atoms with Gasteiger partial charge in [-0.05, 0) is 18.8 Å². The van der Waals surface area contributed by atoms with E-state index < -0.39 is 29.9 Å². The molecule has 0 aromatic rings. The van der Waals surface area contributed by atoms with E-state index in [9.17, 15) is 19.7 Å². The third kappa shape index (κ3) is 3.16. The summed E-state index contributed by atoms with van der Waals surface area (Å²) in [6.45, 7) is 0. The van der Waals surface area contributed by atoms with E-state index in [2.05, 4.69) is 0 Å². The van der Waals surface area contributed by atoms with Crippen molar-refractivity contribution in [3.8, 4) is 0 Å². The number of carbonyl (C=O) groups is 2.